The number of benzene rings is 2. The van der Waals surface area contributed by atoms with Crippen molar-refractivity contribution in [1.82, 2.24) is 0 Å². The molecule has 2 aromatic rings. The van der Waals surface area contributed by atoms with Crippen LogP contribution in [0.1, 0.15) is 11.1 Å². The van der Waals surface area contributed by atoms with Gasteiger partial charge in [-0.05, 0) is 67.4 Å². The summed E-state index contributed by atoms with van der Waals surface area (Å²) in [6, 6.07) is 8.77. The average Bonchev–Trinajstić information content (AvgIpc) is 2.37. The minimum Gasteiger partial charge on any atom is -0.457 e. The van der Waals surface area contributed by atoms with Gasteiger partial charge in [-0.3, -0.25) is 0 Å². The van der Waals surface area contributed by atoms with Crippen molar-refractivity contribution in [2.75, 3.05) is 6.54 Å². The lowest BCUT2D eigenvalue weighted by molar-refractivity contribution is 0.471. The summed E-state index contributed by atoms with van der Waals surface area (Å²) in [7, 11) is 0. The van der Waals surface area contributed by atoms with Gasteiger partial charge in [0.25, 0.3) is 0 Å². The third-order valence-corrected chi connectivity index (χ3v) is 2.79. The van der Waals surface area contributed by atoms with Gasteiger partial charge in [-0.25, -0.2) is 8.78 Å². The highest BCUT2D eigenvalue weighted by Crippen LogP contribution is 2.27. The second kappa shape index (κ2) is 5.80. The Kier molecular flexibility index (Phi) is 4.12. The van der Waals surface area contributed by atoms with E-state index in [1.807, 2.05) is 0 Å². The zero-order chi connectivity index (χ0) is 13.8. The van der Waals surface area contributed by atoms with Crippen LogP contribution in [0.15, 0.2) is 36.4 Å². The molecule has 0 saturated carbocycles. The first-order valence-corrected chi connectivity index (χ1v) is 6.02. The van der Waals surface area contributed by atoms with Crippen LogP contribution in [0.25, 0.3) is 0 Å². The van der Waals surface area contributed by atoms with Crippen LogP contribution in [0, 0.1) is 18.6 Å². The highest BCUT2D eigenvalue weighted by Gasteiger charge is 2.07. The largest absolute Gasteiger partial charge is 0.457 e. The molecule has 0 radical (unpaired) electrons. The van der Waals surface area contributed by atoms with E-state index in [9.17, 15) is 8.78 Å². The van der Waals surface area contributed by atoms with Gasteiger partial charge in [-0.15, -0.1) is 0 Å². The van der Waals surface area contributed by atoms with Gasteiger partial charge in [0.15, 0.2) is 0 Å². The smallest absolute Gasteiger partial charge is 0.130 e. The second-order valence-electron chi connectivity index (χ2n) is 4.30. The third kappa shape index (κ3) is 3.29. The molecule has 2 rings (SSSR count). The number of hydrogen-bond acceptors (Lipinski definition) is 2. The lowest BCUT2D eigenvalue weighted by atomic mass is 10.1. The molecule has 0 saturated heterocycles. The van der Waals surface area contributed by atoms with Gasteiger partial charge in [-0.1, -0.05) is 0 Å². The van der Waals surface area contributed by atoms with Gasteiger partial charge in [0.05, 0.1) is 0 Å². The van der Waals surface area contributed by atoms with E-state index in [1.165, 1.54) is 24.3 Å². The molecule has 0 amide bonds. The van der Waals surface area contributed by atoms with E-state index in [-0.39, 0.29) is 11.6 Å². The van der Waals surface area contributed by atoms with Crippen molar-refractivity contribution in [2.24, 2.45) is 5.73 Å². The average molecular weight is 263 g/mol. The van der Waals surface area contributed by atoms with Crippen molar-refractivity contribution in [1.29, 1.82) is 0 Å². The van der Waals surface area contributed by atoms with Crippen LogP contribution in [0.3, 0.4) is 0 Å². The van der Waals surface area contributed by atoms with E-state index in [0.717, 1.165) is 0 Å². The van der Waals surface area contributed by atoms with Crippen LogP contribution in [0.2, 0.25) is 0 Å². The molecule has 2 nitrogen and oxygen atoms in total. The molecule has 0 unspecified atom stereocenters. The molecule has 0 heterocycles. The standard InChI is InChI=1S/C15H15F2NO/c1-10-8-13(3-4-14(10)17)19-15-5-2-12(16)9-11(15)6-7-18/h2-5,8-9H,6-7,18H2,1H3. The van der Waals surface area contributed by atoms with Crippen LogP contribution in [-0.2, 0) is 6.42 Å². The Balaban J connectivity index is 2.29. The van der Waals surface area contributed by atoms with Crippen molar-refractivity contribution >= 4 is 0 Å². The maximum Gasteiger partial charge on any atom is 0.130 e. The summed E-state index contributed by atoms with van der Waals surface area (Å²) in [4.78, 5) is 0. The molecular formula is C15H15F2NO. The van der Waals surface area contributed by atoms with Gasteiger partial charge in [0.1, 0.15) is 23.1 Å². The summed E-state index contributed by atoms with van der Waals surface area (Å²) in [6.07, 6.45) is 0.521. The Hall–Kier alpha value is -1.94. The predicted molar refractivity (Wildman–Crippen MR) is 70.4 cm³/mol. The summed E-state index contributed by atoms with van der Waals surface area (Å²) >= 11 is 0. The van der Waals surface area contributed by atoms with E-state index >= 15 is 0 Å². The number of halogens is 2. The molecule has 0 bridgehead atoms. The minimum atomic E-state index is -0.328. The van der Waals surface area contributed by atoms with E-state index < -0.39 is 0 Å². The normalized spacial score (nSPS) is 10.5. The molecule has 2 aromatic carbocycles. The van der Waals surface area contributed by atoms with Crippen molar-refractivity contribution in [3.8, 4) is 11.5 Å². The topological polar surface area (TPSA) is 35.2 Å². The summed E-state index contributed by atoms with van der Waals surface area (Å²) in [5, 5.41) is 0. The highest BCUT2D eigenvalue weighted by atomic mass is 19.1. The maximum atomic E-state index is 13.2. The monoisotopic (exact) mass is 263 g/mol. The van der Waals surface area contributed by atoms with Crippen LogP contribution >= 0.6 is 0 Å². The van der Waals surface area contributed by atoms with E-state index in [0.29, 0.717) is 35.6 Å². The van der Waals surface area contributed by atoms with Crippen molar-refractivity contribution < 1.29 is 13.5 Å². The molecule has 19 heavy (non-hydrogen) atoms. The Morgan fingerprint density at radius 2 is 1.89 bits per heavy atom. The number of nitrogens with two attached hydrogens (primary N) is 1. The Bertz CT molecular complexity index is 584. The third-order valence-electron chi connectivity index (χ3n) is 2.79. The number of aryl methyl sites for hydroxylation is 1. The summed E-state index contributed by atoms with van der Waals surface area (Å²) < 4.78 is 32.0. The zero-order valence-corrected chi connectivity index (χ0v) is 10.6. The number of rotatable bonds is 4. The molecule has 0 aromatic heterocycles. The number of hydrogen-bond donors (Lipinski definition) is 1. The number of ether oxygens (including phenoxy) is 1. The van der Waals surface area contributed by atoms with Gasteiger partial charge in [-0.2, -0.15) is 0 Å². The lowest BCUT2D eigenvalue weighted by Crippen LogP contribution is -2.04. The van der Waals surface area contributed by atoms with Crippen molar-refractivity contribution in [3.63, 3.8) is 0 Å². The first-order chi connectivity index (χ1) is 9.10. The molecule has 0 spiro atoms. The highest BCUT2D eigenvalue weighted by molar-refractivity contribution is 5.39. The molecule has 0 fully saturated rings. The van der Waals surface area contributed by atoms with Gasteiger partial charge in [0.2, 0.25) is 0 Å². The van der Waals surface area contributed by atoms with Gasteiger partial charge in [0, 0.05) is 0 Å². The second-order valence-corrected chi connectivity index (χ2v) is 4.30. The molecule has 4 heteroatoms. The van der Waals surface area contributed by atoms with Crippen LogP contribution < -0.4 is 10.5 Å². The van der Waals surface area contributed by atoms with Crippen LogP contribution in [0.4, 0.5) is 8.78 Å². The van der Waals surface area contributed by atoms with Crippen molar-refractivity contribution in [3.05, 3.63) is 59.2 Å². The molecular weight excluding hydrogens is 248 g/mol. The molecule has 2 N–H and O–H groups in total. The predicted octanol–water partition coefficient (Wildman–Crippen LogP) is 3.57. The summed E-state index contributed by atoms with van der Waals surface area (Å²) in [5.41, 5.74) is 6.69. The Morgan fingerprint density at radius 3 is 2.58 bits per heavy atom. The first kappa shape index (κ1) is 13.5. The fraction of sp³-hybridized carbons (Fsp3) is 0.200. The summed E-state index contributed by atoms with van der Waals surface area (Å²) in [5.74, 6) is 0.446. The van der Waals surface area contributed by atoms with E-state index in [2.05, 4.69) is 0 Å². The fourth-order valence-electron chi connectivity index (χ4n) is 1.81. The molecule has 0 atom stereocenters. The first-order valence-electron chi connectivity index (χ1n) is 6.02. The zero-order valence-electron chi connectivity index (χ0n) is 10.6. The molecule has 0 aliphatic rings. The Morgan fingerprint density at radius 1 is 1.11 bits per heavy atom. The SMILES string of the molecule is Cc1cc(Oc2ccc(F)cc2CCN)ccc1F. The van der Waals surface area contributed by atoms with E-state index in [1.54, 1.807) is 19.1 Å². The van der Waals surface area contributed by atoms with Crippen LogP contribution in [0.5, 0.6) is 11.5 Å². The van der Waals surface area contributed by atoms with Gasteiger partial charge >= 0.3 is 0 Å². The minimum absolute atomic E-state index is 0.284. The molecule has 0 aliphatic carbocycles. The van der Waals surface area contributed by atoms with Crippen molar-refractivity contribution in [2.45, 2.75) is 13.3 Å². The quantitative estimate of drug-likeness (QED) is 0.915. The Labute approximate surface area is 110 Å². The molecule has 100 valence electrons. The fourth-order valence-corrected chi connectivity index (χ4v) is 1.81. The van der Waals surface area contributed by atoms with Crippen LogP contribution in [-0.4, -0.2) is 6.54 Å². The lowest BCUT2D eigenvalue weighted by Gasteiger charge is -2.11. The van der Waals surface area contributed by atoms with Gasteiger partial charge < -0.3 is 10.5 Å². The van der Waals surface area contributed by atoms with E-state index in [4.69, 9.17) is 10.5 Å². The maximum absolute atomic E-state index is 13.2. The summed E-state index contributed by atoms with van der Waals surface area (Å²) in [6.45, 7) is 2.07. The molecule has 0 aliphatic heterocycles.